The van der Waals surface area contributed by atoms with Gasteiger partial charge in [0.15, 0.2) is 0 Å². The van der Waals surface area contributed by atoms with Gasteiger partial charge in [-0.05, 0) is 31.0 Å². The van der Waals surface area contributed by atoms with Gasteiger partial charge in [0.25, 0.3) is 0 Å². The summed E-state index contributed by atoms with van der Waals surface area (Å²) in [7, 11) is 0. The van der Waals surface area contributed by atoms with Gasteiger partial charge < -0.3 is 15.3 Å². The van der Waals surface area contributed by atoms with Crippen LogP contribution in [0.25, 0.3) is 0 Å². The molecule has 2 amide bonds. The molecular weight excluding hydrogens is 308 g/mol. The topological polar surface area (TPSA) is 86.7 Å². The van der Waals surface area contributed by atoms with E-state index >= 15 is 0 Å². The van der Waals surface area contributed by atoms with Crippen molar-refractivity contribution in [2.45, 2.75) is 45.7 Å². The Kier molecular flexibility index (Phi) is 5.95. The number of rotatable bonds is 7. The molecule has 1 aromatic rings. The number of nitrogens with zero attached hydrogens (tertiary/aromatic N) is 1. The van der Waals surface area contributed by atoms with Crippen LogP contribution in [-0.2, 0) is 16.1 Å². The molecule has 1 saturated heterocycles. The SMILES string of the molecule is CCCC(C)N1CC(C(=O)NCc2ccc(C(=O)O)cc2)CC1=O. The lowest BCUT2D eigenvalue weighted by Gasteiger charge is -2.24. The smallest absolute Gasteiger partial charge is 0.335 e. The second-order valence-corrected chi connectivity index (χ2v) is 6.30. The number of carboxylic acids is 1. The molecule has 6 heteroatoms. The summed E-state index contributed by atoms with van der Waals surface area (Å²) in [6, 6.07) is 6.55. The van der Waals surface area contributed by atoms with Gasteiger partial charge in [-0.1, -0.05) is 25.5 Å². The molecule has 0 aliphatic carbocycles. The first kappa shape index (κ1) is 18.0. The van der Waals surface area contributed by atoms with Crippen LogP contribution in [0, 0.1) is 5.92 Å². The van der Waals surface area contributed by atoms with Crippen molar-refractivity contribution in [1.82, 2.24) is 10.2 Å². The Morgan fingerprint density at radius 1 is 1.33 bits per heavy atom. The Bertz CT molecular complexity index is 612. The Labute approximate surface area is 141 Å². The predicted octanol–water partition coefficient (Wildman–Crippen LogP) is 2.04. The van der Waals surface area contributed by atoms with Gasteiger partial charge in [0.1, 0.15) is 0 Å². The number of amides is 2. The molecule has 0 spiro atoms. The number of hydrogen-bond acceptors (Lipinski definition) is 3. The molecule has 6 nitrogen and oxygen atoms in total. The maximum absolute atomic E-state index is 12.3. The molecule has 1 heterocycles. The Hall–Kier alpha value is -2.37. The molecule has 1 aromatic carbocycles. The zero-order valence-corrected chi connectivity index (χ0v) is 14.1. The van der Waals surface area contributed by atoms with Gasteiger partial charge in [0, 0.05) is 25.6 Å². The molecule has 1 aliphatic heterocycles. The highest BCUT2D eigenvalue weighted by Crippen LogP contribution is 2.22. The number of carboxylic acid groups (broad SMARTS) is 1. The second kappa shape index (κ2) is 7.95. The van der Waals surface area contributed by atoms with Gasteiger partial charge in [-0.3, -0.25) is 9.59 Å². The van der Waals surface area contributed by atoms with Crippen LogP contribution >= 0.6 is 0 Å². The predicted molar refractivity (Wildman–Crippen MR) is 89.4 cm³/mol. The largest absolute Gasteiger partial charge is 0.478 e. The fourth-order valence-corrected chi connectivity index (χ4v) is 3.01. The summed E-state index contributed by atoms with van der Waals surface area (Å²) < 4.78 is 0. The number of benzene rings is 1. The maximum Gasteiger partial charge on any atom is 0.335 e. The lowest BCUT2D eigenvalue weighted by Crippen LogP contribution is -2.36. The van der Waals surface area contributed by atoms with Crippen LogP contribution < -0.4 is 5.32 Å². The van der Waals surface area contributed by atoms with Crippen molar-refractivity contribution in [3.8, 4) is 0 Å². The molecule has 1 fully saturated rings. The summed E-state index contributed by atoms with van der Waals surface area (Å²) in [6.45, 7) is 4.90. The number of carbonyl (C=O) groups excluding carboxylic acids is 2. The molecule has 24 heavy (non-hydrogen) atoms. The van der Waals surface area contributed by atoms with E-state index in [1.54, 1.807) is 17.0 Å². The monoisotopic (exact) mass is 332 g/mol. The minimum atomic E-state index is -0.976. The Morgan fingerprint density at radius 3 is 2.58 bits per heavy atom. The molecule has 0 radical (unpaired) electrons. The van der Waals surface area contributed by atoms with E-state index in [0.717, 1.165) is 18.4 Å². The van der Waals surface area contributed by atoms with Gasteiger partial charge in [0.2, 0.25) is 11.8 Å². The average molecular weight is 332 g/mol. The molecule has 130 valence electrons. The van der Waals surface area contributed by atoms with Crippen molar-refractivity contribution in [2.24, 2.45) is 5.92 Å². The maximum atomic E-state index is 12.3. The van der Waals surface area contributed by atoms with Crippen LogP contribution in [0.4, 0.5) is 0 Å². The highest BCUT2D eigenvalue weighted by atomic mass is 16.4. The number of aromatic carboxylic acids is 1. The van der Waals surface area contributed by atoms with E-state index in [2.05, 4.69) is 12.2 Å². The van der Waals surface area contributed by atoms with Gasteiger partial charge in [-0.25, -0.2) is 4.79 Å². The Balaban J connectivity index is 1.87. The van der Waals surface area contributed by atoms with Crippen LogP contribution in [-0.4, -0.2) is 40.4 Å². The third-order valence-electron chi connectivity index (χ3n) is 4.44. The molecular formula is C18H24N2O4. The van der Waals surface area contributed by atoms with E-state index in [-0.39, 0.29) is 35.8 Å². The molecule has 0 bridgehead atoms. The molecule has 2 unspecified atom stereocenters. The fraction of sp³-hybridized carbons (Fsp3) is 0.500. The first-order chi connectivity index (χ1) is 11.4. The lowest BCUT2D eigenvalue weighted by atomic mass is 10.1. The van der Waals surface area contributed by atoms with Crippen molar-refractivity contribution < 1.29 is 19.5 Å². The fourth-order valence-electron chi connectivity index (χ4n) is 3.01. The Morgan fingerprint density at radius 2 is 2.00 bits per heavy atom. The number of nitrogens with one attached hydrogen (secondary N) is 1. The second-order valence-electron chi connectivity index (χ2n) is 6.30. The number of likely N-dealkylation sites (tertiary alicyclic amines) is 1. The lowest BCUT2D eigenvalue weighted by molar-refractivity contribution is -0.130. The van der Waals surface area contributed by atoms with Crippen LogP contribution in [0.1, 0.15) is 49.0 Å². The molecule has 2 N–H and O–H groups in total. The molecule has 2 atom stereocenters. The zero-order chi connectivity index (χ0) is 17.7. The summed E-state index contributed by atoms with van der Waals surface area (Å²) in [5, 5.41) is 11.7. The van der Waals surface area contributed by atoms with E-state index in [0.29, 0.717) is 13.1 Å². The molecule has 0 saturated carbocycles. The zero-order valence-electron chi connectivity index (χ0n) is 14.1. The van der Waals surface area contributed by atoms with E-state index in [1.807, 2.05) is 6.92 Å². The van der Waals surface area contributed by atoms with E-state index in [4.69, 9.17) is 5.11 Å². The van der Waals surface area contributed by atoms with Gasteiger partial charge >= 0.3 is 5.97 Å². The summed E-state index contributed by atoms with van der Waals surface area (Å²) in [5.41, 5.74) is 1.04. The normalized spacial score (nSPS) is 18.5. The van der Waals surface area contributed by atoms with Crippen LogP contribution in [0.15, 0.2) is 24.3 Å². The molecule has 2 rings (SSSR count). The van der Waals surface area contributed by atoms with Crippen LogP contribution in [0.3, 0.4) is 0 Å². The first-order valence-electron chi connectivity index (χ1n) is 8.31. The minimum absolute atomic E-state index is 0.0434. The van der Waals surface area contributed by atoms with Crippen molar-refractivity contribution >= 4 is 17.8 Å². The van der Waals surface area contributed by atoms with Crippen molar-refractivity contribution in [2.75, 3.05) is 6.54 Å². The van der Waals surface area contributed by atoms with Gasteiger partial charge in [-0.15, -0.1) is 0 Å². The highest BCUT2D eigenvalue weighted by molar-refractivity contribution is 5.89. The van der Waals surface area contributed by atoms with Crippen molar-refractivity contribution in [3.63, 3.8) is 0 Å². The van der Waals surface area contributed by atoms with Crippen molar-refractivity contribution in [1.29, 1.82) is 0 Å². The highest BCUT2D eigenvalue weighted by Gasteiger charge is 2.36. The van der Waals surface area contributed by atoms with E-state index in [1.165, 1.54) is 12.1 Å². The van der Waals surface area contributed by atoms with E-state index < -0.39 is 5.97 Å². The quantitative estimate of drug-likeness (QED) is 0.800. The van der Waals surface area contributed by atoms with Crippen LogP contribution in [0.2, 0.25) is 0 Å². The summed E-state index contributed by atoms with van der Waals surface area (Å²) in [5.74, 6) is -1.37. The van der Waals surface area contributed by atoms with Crippen LogP contribution in [0.5, 0.6) is 0 Å². The third-order valence-corrected chi connectivity index (χ3v) is 4.44. The number of carbonyl (C=O) groups is 3. The summed E-state index contributed by atoms with van der Waals surface area (Å²) >= 11 is 0. The van der Waals surface area contributed by atoms with Crippen molar-refractivity contribution in [3.05, 3.63) is 35.4 Å². The summed E-state index contributed by atoms with van der Waals surface area (Å²) in [6.07, 6.45) is 2.21. The van der Waals surface area contributed by atoms with E-state index in [9.17, 15) is 14.4 Å². The standard InChI is InChI=1S/C18H24N2O4/c1-3-4-12(2)20-11-15(9-16(20)21)17(22)19-10-13-5-7-14(8-6-13)18(23)24/h5-8,12,15H,3-4,9-11H2,1-2H3,(H,19,22)(H,23,24). The molecule has 1 aliphatic rings. The van der Waals surface area contributed by atoms with Gasteiger partial charge in [0.05, 0.1) is 11.5 Å². The summed E-state index contributed by atoms with van der Waals surface area (Å²) in [4.78, 5) is 37.0. The average Bonchev–Trinajstić information content (AvgIpc) is 2.95. The first-order valence-corrected chi connectivity index (χ1v) is 8.31. The van der Waals surface area contributed by atoms with Gasteiger partial charge in [-0.2, -0.15) is 0 Å². The number of hydrogen-bond donors (Lipinski definition) is 2. The molecule has 0 aromatic heterocycles. The minimum Gasteiger partial charge on any atom is -0.478 e. The third kappa shape index (κ3) is 4.34.